The Bertz CT molecular complexity index is 1440. The van der Waals surface area contributed by atoms with Crippen LogP contribution in [0.3, 0.4) is 0 Å². The van der Waals surface area contributed by atoms with E-state index in [1.807, 2.05) is 55.5 Å². The van der Waals surface area contributed by atoms with E-state index < -0.39 is 8.26 Å². The van der Waals surface area contributed by atoms with Crippen molar-refractivity contribution in [1.82, 2.24) is 19.7 Å². The third-order valence-electron chi connectivity index (χ3n) is 4.90. The molecule has 34 heavy (non-hydrogen) atoms. The maximum Gasteiger partial charge on any atom is 0.317 e. The summed E-state index contributed by atoms with van der Waals surface area (Å²) in [6.45, 7) is 4.71. The topological polar surface area (TPSA) is 107 Å². The van der Waals surface area contributed by atoms with Gasteiger partial charge < -0.3 is 9.72 Å². The summed E-state index contributed by atoms with van der Waals surface area (Å²) in [7, 11) is 6.60. The third kappa shape index (κ3) is 6.59. The summed E-state index contributed by atoms with van der Waals surface area (Å²) in [5.41, 5.74) is 4.91. The molecule has 0 saturated heterocycles. The first kappa shape index (κ1) is 25.7. The predicted molar refractivity (Wildman–Crippen MR) is 136 cm³/mol. The van der Waals surface area contributed by atoms with Crippen LogP contribution in [0.15, 0.2) is 53.3 Å². The van der Waals surface area contributed by atoms with Crippen molar-refractivity contribution in [1.29, 1.82) is 0 Å². The van der Waals surface area contributed by atoms with Crippen molar-refractivity contribution in [2.75, 3.05) is 6.61 Å². The molecule has 0 amide bonds. The van der Waals surface area contributed by atoms with Gasteiger partial charge in [0, 0.05) is 34.0 Å². The second kappa shape index (κ2) is 11.0. The Hall–Kier alpha value is -2.88. The van der Waals surface area contributed by atoms with Gasteiger partial charge in [-0.1, -0.05) is 43.7 Å². The molecule has 0 aliphatic rings. The van der Waals surface area contributed by atoms with E-state index >= 15 is 0 Å². The SMILES string of the molecule is CCCc1nn(C)c2c(=O)nc(-c3cccc(-c4ccc(OCC)cc4)c3)[nH]c12.O=S(=O)(Cl)Cl. The molecule has 2 aromatic carbocycles. The minimum atomic E-state index is -3.72. The molecule has 0 bridgehead atoms. The summed E-state index contributed by atoms with van der Waals surface area (Å²) in [6, 6.07) is 16.0. The molecule has 2 aromatic heterocycles. The number of nitrogens with zero attached hydrogens (tertiary/aromatic N) is 3. The van der Waals surface area contributed by atoms with Gasteiger partial charge in [-0.3, -0.25) is 9.48 Å². The molecule has 0 fully saturated rings. The second-order valence-electron chi connectivity index (χ2n) is 7.35. The van der Waals surface area contributed by atoms with Gasteiger partial charge in [0.05, 0.1) is 17.8 Å². The van der Waals surface area contributed by atoms with Gasteiger partial charge in [-0.2, -0.15) is 18.5 Å². The van der Waals surface area contributed by atoms with Crippen LogP contribution in [0.25, 0.3) is 33.5 Å². The van der Waals surface area contributed by atoms with E-state index in [4.69, 9.17) is 13.2 Å². The summed E-state index contributed by atoms with van der Waals surface area (Å²) in [6.07, 6.45) is 1.77. The lowest BCUT2D eigenvalue weighted by Gasteiger charge is -2.08. The maximum absolute atomic E-state index is 12.7. The van der Waals surface area contributed by atoms with E-state index in [2.05, 4.69) is 43.4 Å². The molecule has 0 aliphatic heterocycles. The quantitative estimate of drug-likeness (QED) is 0.355. The highest BCUT2D eigenvalue weighted by atomic mass is 36.0. The Balaban J connectivity index is 0.000000588. The molecular formula is C23H24Cl2N4O4S. The number of H-pyrrole nitrogens is 1. The van der Waals surface area contributed by atoms with Crippen LogP contribution in [-0.4, -0.2) is 34.8 Å². The summed E-state index contributed by atoms with van der Waals surface area (Å²) in [5.74, 6) is 1.41. The molecule has 0 radical (unpaired) electrons. The minimum absolute atomic E-state index is 0.266. The van der Waals surface area contributed by atoms with Crippen LogP contribution in [0.5, 0.6) is 5.75 Å². The van der Waals surface area contributed by atoms with Crippen LogP contribution in [0, 0.1) is 0 Å². The number of aryl methyl sites for hydroxylation is 2. The summed E-state index contributed by atoms with van der Waals surface area (Å²) in [5, 5.41) is 4.50. The van der Waals surface area contributed by atoms with Gasteiger partial charge in [-0.15, -0.1) is 0 Å². The molecule has 11 heteroatoms. The lowest BCUT2D eigenvalue weighted by atomic mass is 10.0. The van der Waals surface area contributed by atoms with Gasteiger partial charge >= 0.3 is 8.26 Å². The zero-order chi connectivity index (χ0) is 24.9. The van der Waals surface area contributed by atoms with Gasteiger partial charge in [-0.25, -0.2) is 0 Å². The highest BCUT2D eigenvalue weighted by Crippen LogP contribution is 2.27. The molecule has 4 rings (SSSR count). The number of rotatable bonds is 6. The summed E-state index contributed by atoms with van der Waals surface area (Å²) < 4.78 is 25.5. The van der Waals surface area contributed by atoms with Crippen LogP contribution in [0.2, 0.25) is 0 Å². The van der Waals surface area contributed by atoms with Gasteiger partial charge in [0.1, 0.15) is 11.6 Å². The van der Waals surface area contributed by atoms with Crippen molar-refractivity contribution in [3.05, 3.63) is 64.6 Å². The molecule has 0 saturated carbocycles. The molecule has 0 spiro atoms. The van der Waals surface area contributed by atoms with Crippen molar-refractivity contribution >= 4 is 40.7 Å². The van der Waals surface area contributed by atoms with Crippen molar-refractivity contribution < 1.29 is 13.2 Å². The fourth-order valence-corrected chi connectivity index (χ4v) is 3.56. The lowest BCUT2D eigenvalue weighted by Crippen LogP contribution is -2.12. The van der Waals surface area contributed by atoms with E-state index in [1.54, 1.807) is 11.7 Å². The van der Waals surface area contributed by atoms with Gasteiger partial charge in [0.15, 0.2) is 5.52 Å². The fraction of sp³-hybridized carbons (Fsp3) is 0.261. The number of hydrogen-bond donors (Lipinski definition) is 1. The number of benzene rings is 2. The first-order valence-electron chi connectivity index (χ1n) is 10.5. The molecule has 0 aliphatic carbocycles. The molecule has 1 N–H and O–H groups in total. The van der Waals surface area contributed by atoms with Gasteiger partial charge in [0.25, 0.3) is 5.56 Å². The Morgan fingerprint density at radius 3 is 2.29 bits per heavy atom. The second-order valence-corrected chi connectivity index (χ2v) is 11.0. The largest absolute Gasteiger partial charge is 0.494 e. The highest BCUT2D eigenvalue weighted by Gasteiger charge is 2.15. The predicted octanol–water partition coefficient (Wildman–Crippen LogP) is 5.05. The van der Waals surface area contributed by atoms with E-state index in [0.29, 0.717) is 17.9 Å². The van der Waals surface area contributed by atoms with E-state index in [0.717, 1.165) is 46.5 Å². The molecule has 2 heterocycles. The number of fused-ring (bicyclic) bond motifs is 1. The Morgan fingerprint density at radius 1 is 1.03 bits per heavy atom. The maximum atomic E-state index is 12.7. The summed E-state index contributed by atoms with van der Waals surface area (Å²) >= 11 is 0. The number of nitrogens with one attached hydrogen (secondary N) is 1. The van der Waals surface area contributed by atoms with Gasteiger partial charge in [0.2, 0.25) is 0 Å². The molecule has 8 nitrogen and oxygen atoms in total. The van der Waals surface area contributed by atoms with Crippen LogP contribution in [0.1, 0.15) is 26.0 Å². The van der Waals surface area contributed by atoms with E-state index in [-0.39, 0.29) is 5.56 Å². The zero-order valence-corrected chi connectivity index (χ0v) is 21.2. The number of hydrogen-bond acceptors (Lipinski definition) is 6. The van der Waals surface area contributed by atoms with Crippen LogP contribution >= 0.6 is 21.4 Å². The Morgan fingerprint density at radius 2 is 1.68 bits per heavy atom. The number of halogens is 2. The van der Waals surface area contributed by atoms with Crippen molar-refractivity contribution in [3.8, 4) is 28.3 Å². The van der Waals surface area contributed by atoms with Crippen LogP contribution in [-0.2, 0) is 21.7 Å². The number of aromatic amines is 1. The molecule has 4 aromatic rings. The first-order valence-corrected chi connectivity index (χ1v) is 13.7. The fourth-order valence-electron chi connectivity index (χ4n) is 3.56. The minimum Gasteiger partial charge on any atom is -0.494 e. The average molecular weight is 523 g/mol. The lowest BCUT2D eigenvalue weighted by molar-refractivity contribution is 0.340. The monoisotopic (exact) mass is 522 g/mol. The third-order valence-corrected chi connectivity index (χ3v) is 4.90. The van der Waals surface area contributed by atoms with Crippen LogP contribution in [0.4, 0.5) is 0 Å². The van der Waals surface area contributed by atoms with Crippen LogP contribution < -0.4 is 10.3 Å². The van der Waals surface area contributed by atoms with E-state index in [1.165, 1.54) is 0 Å². The highest BCUT2D eigenvalue weighted by molar-refractivity contribution is 8.31. The summed E-state index contributed by atoms with van der Waals surface area (Å²) in [4.78, 5) is 20.3. The van der Waals surface area contributed by atoms with Crippen molar-refractivity contribution in [2.24, 2.45) is 7.05 Å². The Labute approximate surface area is 206 Å². The molecule has 180 valence electrons. The van der Waals surface area contributed by atoms with E-state index in [9.17, 15) is 4.79 Å². The average Bonchev–Trinajstić information content (AvgIpc) is 3.09. The van der Waals surface area contributed by atoms with Gasteiger partial charge in [-0.05, 0) is 42.7 Å². The first-order chi connectivity index (χ1) is 16.1. The zero-order valence-electron chi connectivity index (χ0n) is 18.9. The molecule has 0 atom stereocenters. The Kier molecular flexibility index (Phi) is 8.35. The normalized spacial score (nSPS) is 11.2. The number of ether oxygens (including phenoxy) is 1. The molecular weight excluding hydrogens is 499 g/mol. The number of aromatic nitrogens is 4. The smallest absolute Gasteiger partial charge is 0.317 e. The van der Waals surface area contributed by atoms with Crippen molar-refractivity contribution in [2.45, 2.75) is 26.7 Å². The standard InChI is InChI=1S/C23H24N4O2.Cl2O2S/c1-4-7-19-20-21(27(3)26-19)23(28)25-22(24-20)17-9-6-8-16(14-17)15-10-12-18(13-11-15)29-5-2;1-5(2,3)4/h6,8-14H,4-5,7H2,1-3H3,(H,24,25,28);. The van der Waals surface area contributed by atoms with Crippen molar-refractivity contribution in [3.63, 3.8) is 0 Å². The molecule has 0 unspecified atom stereocenters.